The van der Waals surface area contributed by atoms with Crippen molar-refractivity contribution in [3.63, 3.8) is 0 Å². The molecule has 0 heterocycles. The second kappa shape index (κ2) is 11.2. The highest BCUT2D eigenvalue weighted by Gasteiger charge is 2.23. The number of amides is 1. The van der Waals surface area contributed by atoms with Crippen molar-refractivity contribution >= 4 is 33.3 Å². The van der Waals surface area contributed by atoms with Gasteiger partial charge in [0, 0.05) is 11.4 Å². The third-order valence-electron chi connectivity index (χ3n) is 4.85. The highest BCUT2D eigenvalue weighted by molar-refractivity contribution is 7.92. The van der Waals surface area contributed by atoms with Crippen LogP contribution >= 0.6 is 0 Å². The van der Waals surface area contributed by atoms with Crippen LogP contribution in [0.15, 0.2) is 71.6 Å². The molecule has 0 aliphatic rings. The molecular weight excluding hydrogens is 470 g/mol. The lowest BCUT2D eigenvalue weighted by atomic mass is 10.1. The Balaban J connectivity index is 1.68. The highest BCUT2D eigenvalue weighted by Crippen LogP contribution is 2.27. The first-order valence-electron chi connectivity index (χ1n) is 10.4. The number of carbonyl (C=O) groups is 2. The lowest BCUT2D eigenvalue weighted by Gasteiger charge is -2.13. The van der Waals surface area contributed by atoms with E-state index in [0.717, 1.165) is 17.2 Å². The normalized spacial score (nSPS) is 10.7. The van der Waals surface area contributed by atoms with Gasteiger partial charge in [-0.3, -0.25) is 9.52 Å². The van der Waals surface area contributed by atoms with Gasteiger partial charge in [-0.05, 0) is 55.0 Å². The van der Waals surface area contributed by atoms with Crippen LogP contribution in [0.1, 0.15) is 21.5 Å². The summed E-state index contributed by atoms with van der Waals surface area (Å²) >= 11 is 0. The lowest BCUT2D eigenvalue weighted by Crippen LogP contribution is -2.21. The molecule has 3 aromatic carbocycles. The van der Waals surface area contributed by atoms with E-state index in [0.29, 0.717) is 11.4 Å². The van der Waals surface area contributed by atoms with Crippen LogP contribution in [0.3, 0.4) is 0 Å². The quantitative estimate of drug-likeness (QED) is 0.434. The van der Waals surface area contributed by atoms with Crippen molar-refractivity contribution in [2.75, 3.05) is 23.8 Å². The average molecular weight is 494 g/mol. The molecule has 0 radical (unpaired) electrons. The Morgan fingerprint density at radius 1 is 0.971 bits per heavy atom. The van der Waals surface area contributed by atoms with Gasteiger partial charge in [0.2, 0.25) is 0 Å². The topological polar surface area (TPSA) is 135 Å². The summed E-state index contributed by atoms with van der Waals surface area (Å²) in [5.74, 6) is -1.41. The minimum Gasteiger partial charge on any atom is -0.495 e. The molecule has 1 amide bonds. The summed E-state index contributed by atoms with van der Waals surface area (Å²) in [5.41, 5.74) is 2.54. The first-order valence-corrected chi connectivity index (χ1v) is 11.9. The largest absolute Gasteiger partial charge is 0.495 e. The highest BCUT2D eigenvalue weighted by atomic mass is 32.2. The Bertz CT molecular complexity index is 1360. The van der Waals surface area contributed by atoms with Crippen molar-refractivity contribution in [2.45, 2.75) is 18.2 Å². The average Bonchev–Trinajstić information content (AvgIpc) is 2.85. The fourth-order valence-electron chi connectivity index (χ4n) is 3.05. The van der Waals surface area contributed by atoms with E-state index in [4.69, 9.17) is 14.7 Å². The second-order valence-electron chi connectivity index (χ2n) is 7.49. The molecule has 0 unspecified atom stereocenters. The number of nitrogens with one attached hydrogen (secondary N) is 2. The van der Waals surface area contributed by atoms with Gasteiger partial charge in [0.25, 0.3) is 15.9 Å². The summed E-state index contributed by atoms with van der Waals surface area (Å²) in [6, 6.07) is 19.3. The Labute approximate surface area is 203 Å². The van der Waals surface area contributed by atoms with Gasteiger partial charge in [0.1, 0.15) is 10.6 Å². The SMILES string of the molecule is COc1ccc(C(=O)OCC(=O)Nc2ccc(CC#N)cc2)cc1S(=O)(=O)Nc1ccc(C)cc1. The van der Waals surface area contributed by atoms with Gasteiger partial charge >= 0.3 is 5.97 Å². The van der Waals surface area contributed by atoms with Gasteiger partial charge in [-0.1, -0.05) is 29.8 Å². The number of hydrogen-bond donors (Lipinski definition) is 2. The second-order valence-corrected chi connectivity index (χ2v) is 9.14. The number of aryl methyl sites for hydroxylation is 1. The predicted octanol–water partition coefficient (Wildman–Crippen LogP) is 3.67. The van der Waals surface area contributed by atoms with Gasteiger partial charge in [0.15, 0.2) is 6.61 Å². The van der Waals surface area contributed by atoms with E-state index in [2.05, 4.69) is 10.0 Å². The summed E-state index contributed by atoms with van der Waals surface area (Å²) in [5, 5.41) is 11.3. The molecule has 0 atom stereocenters. The van der Waals surface area contributed by atoms with Crippen LogP contribution in [-0.2, 0) is 26.0 Å². The lowest BCUT2D eigenvalue weighted by molar-refractivity contribution is -0.119. The standard InChI is InChI=1S/C25H23N3O6S/c1-17-3-8-21(9-4-17)28-35(31,32)23-15-19(7-12-22(23)33-2)25(30)34-16-24(29)27-20-10-5-18(6-11-20)13-14-26/h3-12,15,28H,13,16H2,1-2H3,(H,27,29). The molecule has 9 nitrogen and oxygen atoms in total. The Morgan fingerprint density at radius 2 is 1.63 bits per heavy atom. The van der Waals surface area contributed by atoms with Gasteiger partial charge < -0.3 is 14.8 Å². The molecule has 0 aliphatic carbocycles. The van der Waals surface area contributed by atoms with Gasteiger partial charge in [0.05, 0.1) is 25.2 Å². The summed E-state index contributed by atoms with van der Waals surface area (Å²) in [6.07, 6.45) is 0.256. The van der Waals surface area contributed by atoms with Crippen LogP contribution < -0.4 is 14.8 Å². The van der Waals surface area contributed by atoms with Gasteiger partial charge in [-0.25, -0.2) is 13.2 Å². The molecule has 0 spiro atoms. The van der Waals surface area contributed by atoms with E-state index in [1.807, 2.05) is 13.0 Å². The number of nitriles is 1. The molecule has 3 aromatic rings. The van der Waals surface area contributed by atoms with E-state index in [1.165, 1.54) is 19.2 Å². The number of nitrogens with zero attached hydrogens (tertiary/aromatic N) is 1. The Kier molecular flexibility index (Phi) is 8.07. The summed E-state index contributed by atoms with van der Waals surface area (Å²) in [6.45, 7) is 1.30. The number of benzene rings is 3. The number of methoxy groups -OCH3 is 1. The molecular formula is C25H23N3O6S. The zero-order valence-electron chi connectivity index (χ0n) is 19.1. The zero-order valence-corrected chi connectivity index (χ0v) is 19.9. The van der Waals surface area contributed by atoms with Gasteiger partial charge in [-0.15, -0.1) is 0 Å². The van der Waals surface area contributed by atoms with Crippen LogP contribution in [0, 0.1) is 18.3 Å². The molecule has 2 N–H and O–H groups in total. The monoisotopic (exact) mass is 493 g/mol. The van der Waals surface area contributed by atoms with Crippen LogP contribution in [0.5, 0.6) is 5.75 Å². The van der Waals surface area contributed by atoms with E-state index >= 15 is 0 Å². The van der Waals surface area contributed by atoms with Crippen molar-refractivity contribution in [1.29, 1.82) is 5.26 Å². The van der Waals surface area contributed by atoms with Crippen molar-refractivity contribution in [1.82, 2.24) is 0 Å². The minimum absolute atomic E-state index is 0.0405. The molecule has 0 saturated carbocycles. The Morgan fingerprint density at radius 3 is 2.26 bits per heavy atom. The smallest absolute Gasteiger partial charge is 0.338 e. The van der Waals surface area contributed by atoms with E-state index in [1.54, 1.807) is 48.5 Å². The third kappa shape index (κ3) is 6.82. The maximum absolute atomic E-state index is 13.0. The van der Waals surface area contributed by atoms with Crippen LogP contribution in [-0.4, -0.2) is 34.0 Å². The number of ether oxygens (including phenoxy) is 2. The third-order valence-corrected chi connectivity index (χ3v) is 6.25. The number of sulfonamides is 1. The number of rotatable bonds is 9. The van der Waals surface area contributed by atoms with Crippen molar-refractivity contribution in [3.8, 4) is 11.8 Å². The predicted molar refractivity (Wildman–Crippen MR) is 130 cm³/mol. The van der Waals surface area contributed by atoms with Crippen LogP contribution in [0.2, 0.25) is 0 Å². The van der Waals surface area contributed by atoms with E-state index < -0.39 is 28.5 Å². The first kappa shape index (κ1) is 25.3. The molecule has 3 rings (SSSR count). The fourth-order valence-corrected chi connectivity index (χ4v) is 4.31. The first-order chi connectivity index (χ1) is 16.7. The molecule has 180 valence electrons. The van der Waals surface area contributed by atoms with Crippen molar-refractivity contribution in [3.05, 3.63) is 83.4 Å². The maximum Gasteiger partial charge on any atom is 0.338 e. The number of carbonyl (C=O) groups excluding carboxylic acids is 2. The summed E-state index contributed by atoms with van der Waals surface area (Å²) in [4.78, 5) is 24.4. The van der Waals surface area contributed by atoms with Crippen molar-refractivity contribution in [2.24, 2.45) is 0 Å². The van der Waals surface area contributed by atoms with Crippen LogP contribution in [0.4, 0.5) is 11.4 Å². The number of hydrogen-bond acceptors (Lipinski definition) is 7. The molecule has 0 fully saturated rings. The molecule has 0 aromatic heterocycles. The molecule has 0 aliphatic heterocycles. The minimum atomic E-state index is -4.09. The summed E-state index contributed by atoms with van der Waals surface area (Å²) < 4.78 is 38.6. The fraction of sp³-hybridized carbons (Fsp3) is 0.160. The van der Waals surface area contributed by atoms with Crippen molar-refractivity contribution < 1.29 is 27.5 Å². The molecule has 10 heteroatoms. The van der Waals surface area contributed by atoms with E-state index in [9.17, 15) is 18.0 Å². The summed E-state index contributed by atoms with van der Waals surface area (Å²) in [7, 11) is -2.77. The number of esters is 1. The Hall–Kier alpha value is -4.36. The van der Waals surface area contributed by atoms with Crippen LogP contribution in [0.25, 0.3) is 0 Å². The van der Waals surface area contributed by atoms with Gasteiger partial charge in [-0.2, -0.15) is 5.26 Å². The number of anilines is 2. The molecule has 0 bridgehead atoms. The maximum atomic E-state index is 13.0. The molecule has 0 saturated heterocycles. The molecule has 35 heavy (non-hydrogen) atoms. The van der Waals surface area contributed by atoms with E-state index in [-0.39, 0.29) is 22.6 Å². The zero-order chi connectivity index (χ0) is 25.4.